The minimum atomic E-state index is 0. The van der Waals surface area contributed by atoms with Crippen molar-refractivity contribution >= 4 is 11.7 Å². The number of pyridine rings is 1. The van der Waals surface area contributed by atoms with Gasteiger partial charge in [-0.1, -0.05) is 24.3 Å². The van der Waals surface area contributed by atoms with Gasteiger partial charge in [0.15, 0.2) is 0 Å². The van der Waals surface area contributed by atoms with Crippen LogP contribution < -0.4 is 11.9 Å². The highest BCUT2D eigenvalue weighted by atomic mass is 16.2. The maximum Gasteiger partial charge on any atom is 0.256 e. The van der Waals surface area contributed by atoms with Crippen LogP contribution in [0, 0.1) is 13.8 Å². The monoisotopic (exact) mass is 312 g/mol. The number of anilines is 1. The molecule has 0 fully saturated rings. The zero-order valence-electron chi connectivity index (χ0n) is 14.0. The molecule has 0 aliphatic carbocycles. The third-order valence-electron chi connectivity index (χ3n) is 4.77. The molecular formula is C18H24N4O. The van der Waals surface area contributed by atoms with Crippen molar-refractivity contribution in [3.05, 3.63) is 58.3 Å². The van der Waals surface area contributed by atoms with Gasteiger partial charge in [-0.2, -0.15) is 0 Å². The first-order valence-corrected chi connectivity index (χ1v) is 7.61. The molecule has 2 heterocycles. The number of benzene rings is 1. The van der Waals surface area contributed by atoms with E-state index < -0.39 is 0 Å². The Hall–Kier alpha value is -2.40. The molecule has 1 amide bonds. The normalized spacial score (nSPS) is 16.5. The van der Waals surface area contributed by atoms with E-state index in [1.807, 2.05) is 24.8 Å². The Labute approximate surface area is 137 Å². The number of fused-ring (bicyclic) bond motifs is 1. The van der Waals surface area contributed by atoms with E-state index in [1.165, 1.54) is 11.1 Å². The van der Waals surface area contributed by atoms with Crippen LogP contribution in [-0.4, -0.2) is 22.3 Å². The summed E-state index contributed by atoms with van der Waals surface area (Å²) in [6.45, 7) is 6.66. The van der Waals surface area contributed by atoms with E-state index in [0.717, 1.165) is 24.1 Å². The van der Waals surface area contributed by atoms with Crippen molar-refractivity contribution in [3.8, 4) is 0 Å². The maximum absolute atomic E-state index is 12.9. The van der Waals surface area contributed by atoms with Gasteiger partial charge >= 0.3 is 0 Å². The van der Waals surface area contributed by atoms with Crippen molar-refractivity contribution in [2.45, 2.75) is 33.2 Å². The van der Waals surface area contributed by atoms with Crippen LogP contribution in [0.2, 0.25) is 0 Å². The highest BCUT2D eigenvalue weighted by Crippen LogP contribution is 2.31. The number of carbonyl (C=O) groups is 1. The molecule has 2 aromatic rings. The number of hydrogen-bond acceptors (Lipinski definition) is 4. The number of amides is 1. The smallest absolute Gasteiger partial charge is 0.256 e. The van der Waals surface area contributed by atoms with Gasteiger partial charge in [-0.3, -0.25) is 4.79 Å². The van der Waals surface area contributed by atoms with E-state index in [0.29, 0.717) is 11.4 Å². The molecule has 0 radical (unpaired) electrons. The summed E-state index contributed by atoms with van der Waals surface area (Å²) in [5.74, 6) is 0.529. The zero-order valence-corrected chi connectivity index (χ0v) is 14.0. The van der Waals surface area contributed by atoms with Crippen LogP contribution in [0.25, 0.3) is 0 Å². The lowest BCUT2D eigenvalue weighted by atomic mass is 9.92. The highest BCUT2D eigenvalue weighted by molar-refractivity contribution is 5.96. The molecule has 0 spiro atoms. The molecule has 0 saturated heterocycles. The Morgan fingerprint density at radius 1 is 1.26 bits per heavy atom. The predicted molar refractivity (Wildman–Crippen MR) is 92.7 cm³/mol. The lowest BCUT2D eigenvalue weighted by Crippen LogP contribution is -2.39. The van der Waals surface area contributed by atoms with Crippen molar-refractivity contribution in [1.82, 2.24) is 16.0 Å². The second kappa shape index (κ2) is 6.38. The summed E-state index contributed by atoms with van der Waals surface area (Å²) in [4.78, 5) is 19.0. The SMILES string of the molecule is Cc1c(C(=O)N2CCc3ccccc3[C@H]2C)cnc(N)c1C.N. The van der Waals surface area contributed by atoms with Gasteiger partial charge in [0.25, 0.3) is 5.91 Å². The minimum absolute atomic E-state index is 0. The summed E-state index contributed by atoms with van der Waals surface area (Å²) in [5.41, 5.74) is 10.9. The van der Waals surface area contributed by atoms with Gasteiger partial charge in [0.1, 0.15) is 5.82 Å². The van der Waals surface area contributed by atoms with Gasteiger partial charge < -0.3 is 16.8 Å². The number of nitrogen functional groups attached to an aromatic ring is 1. The molecular weight excluding hydrogens is 288 g/mol. The lowest BCUT2D eigenvalue weighted by Gasteiger charge is -2.35. The largest absolute Gasteiger partial charge is 0.383 e. The molecule has 1 aliphatic heterocycles. The average Bonchev–Trinajstić information content (AvgIpc) is 2.53. The van der Waals surface area contributed by atoms with E-state index in [-0.39, 0.29) is 18.1 Å². The number of carbonyl (C=O) groups excluding carboxylic acids is 1. The Balaban J connectivity index is 0.00000192. The van der Waals surface area contributed by atoms with Crippen LogP contribution in [0.1, 0.15) is 45.6 Å². The number of nitrogens with two attached hydrogens (primary N) is 1. The van der Waals surface area contributed by atoms with Crippen LogP contribution in [0.3, 0.4) is 0 Å². The van der Waals surface area contributed by atoms with Gasteiger partial charge in [-0.25, -0.2) is 4.98 Å². The Morgan fingerprint density at radius 3 is 2.70 bits per heavy atom. The summed E-state index contributed by atoms with van der Waals surface area (Å²) in [6, 6.07) is 8.42. The zero-order chi connectivity index (χ0) is 15.9. The molecule has 5 nitrogen and oxygen atoms in total. The Bertz CT molecular complexity index is 742. The van der Waals surface area contributed by atoms with E-state index in [2.05, 4.69) is 30.1 Å². The fourth-order valence-electron chi connectivity index (χ4n) is 3.14. The molecule has 1 aromatic heterocycles. The van der Waals surface area contributed by atoms with Crippen molar-refractivity contribution in [2.75, 3.05) is 12.3 Å². The van der Waals surface area contributed by atoms with E-state index in [4.69, 9.17) is 5.73 Å². The number of nitrogens with zero attached hydrogens (tertiary/aromatic N) is 2. The number of aromatic nitrogens is 1. The maximum atomic E-state index is 12.9. The average molecular weight is 312 g/mol. The van der Waals surface area contributed by atoms with E-state index in [9.17, 15) is 4.79 Å². The summed E-state index contributed by atoms with van der Waals surface area (Å²) in [7, 11) is 0. The van der Waals surface area contributed by atoms with Gasteiger partial charge in [0.2, 0.25) is 0 Å². The van der Waals surface area contributed by atoms with Gasteiger partial charge in [0, 0.05) is 12.7 Å². The summed E-state index contributed by atoms with van der Waals surface area (Å²) in [5, 5.41) is 0. The second-order valence-corrected chi connectivity index (χ2v) is 5.93. The topological polar surface area (TPSA) is 94.2 Å². The lowest BCUT2D eigenvalue weighted by molar-refractivity contribution is 0.0676. The molecule has 1 aliphatic rings. The molecule has 0 bridgehead atoms. The van der Waals surface area contributed by atoms with Gasteiger partial charge in [-0.05, 0) is 49.4 Å². The Morgan fingerprint density at radius 2 is 1.96 bits per heavy atom. The molecule has 23 heavy (non-hydrogen) atoms. The third-order valence-corrected chi connectivity index (χ3v) is 4.77. The minimum Gasteiger partial charge on any atom is -0.383 e. The van der Waals surface area contributed by atoms with Crippen LogP contribution in [0.4, 0.5) is 5.82 Å². The number of hydrogen-bond donors (Lipinski definition) is 2. The first-order chi connectivity index (χ1) is 10.5. The first kappa shape index (κ1) is 17.0. The van der Waals surface area contributed by atoms with E-state index in [1.54, 1.807) is 6.20 Å². The highest BCUT2D eigenvalue weighted by Gasteiger charge is 2.29. The summed E-state index contributed by atoms with van der Waals surface area (Å²) < 4.78 is 0. The summed E-state index contributed by atoms with van der Waals surface area (Å²) >= 11 is 0. The fraction of sp³-hybridized carbons (Fsp3) is 0.333. The van der Waals surface area contributed by atoms with Crippen molar-refractivity contribution in [2.24, 2.45) is 0 Å². The molecule has 5 heteroatoms. The second-order valence-electron chi connectivity index (χ2n) is 5.93. The fourth-order valence-corrected chi connectivity index (χ4v) is 3.14. The Kier molecular flexibility index (Phi) is 4.71. The molecule has 1 atom stereocenters. The first-order valence-electron chi connectivity index (χ1n) is 7.61. The third kappa shape index (κ3) is 2.80. The predicted octanol–water partition coefficient (Wildman–Crippen LogP) is 3.20. The van der Waals surface area contributed by atoms with Crippen LogP contribution in [-0.2, 0) is 6.42 Å². The van der Waals surface area contributed by atoms with Crippen molar-refractivity contribution in [1.29, 1.82) is 0 Å². The number of rotatable bonds is 1. The van der Waals surface area contributed by atoms with Crippen molar-refractivity contribution < 1.29 is 4.79 Å². The molecule has 122 valence electrons. The standard InChI is InChI=1S/C18H21N3O.H3N/c1-11-12(2)17(19)20-10-16(11)18(22)21-9-8-14-6-4-5-7-15(14)13(21)3;/h4-7,10,13H,8-9H2,1-3H3,(H2,19,20);1H3/t13-;/m1./s1. The molecule has 3 rings (SSSR count). The molecule has 0 saturated carbocycles. The van der Waals surface area contributed by atoms with Crippen molar-refractivity contribution in [3.63, 3.8) is 0 Å². The quantitative estimate of drug-likeness (QED) is 0.845. The van der Waals surface area contributed by atoms with Crippen LogP contribution >= 0.6 is 0 Å². The van der Waals surface area contributed by atoms with Gasteiger partial charge in [-0.15, -0.1) is 0 Å². The van der Waals surface area contributed by atoms with Gasteiger partial charge in [0.05, 0.1) is 11.6 Å². The van der Waals surface area contributed by atoms with E-state index >= 15 is 0 Å². The molecule has 1 aromatic carbocycles. The molecule has 5 N–H and O–H groups in total. The summed E-state index contributed by atoms with van der Waals surface area (Å²) in [6.07, 6.45) is 2.50. The molecule has 0 unspecified atom stereocenters. The van der Waals surface area contributed by atoms with Crippen LogP contribution in [0.15, 0.2) is 30.5 Å². The van der Waals surface area contributed by atoms with Crippen LogP contribution in [0.5, 0.6) is 0 Å².